The van der Waals surface area contributed by atoms with Crippen LogP contribution in [0.25, 0.3) is 0 Å². The van der Waals surface area contributed by atoms with Crippen LogP contribution < -0.4 is 11.1 Å². The lowest BCUT2D eigenvalue weighted by molar-refractivity contribution is 0.604. The molecule has 1 aromatic carbocycles. The van der Waals surface area contributed by atoms with E-state index in [1.165, 1.54) is 0 Å². The monoisotopic (exact) mass is 291 g/mol. The zero-order valence-corrected chi connectivity index (χ0v) is 12.9. The predicted molar refractivity (Wildman–Crippen MR) is 85.8 cm³/mol. The van der Waals surface area contributed by atoms with Crippen LogP contribution in [0.4, 0.5) is 5.69 Å². The Kier molecular flexibility index (Phi) is 3.87. The molecule has 0 aliphatic heterocycles. The number of hydrogen-bond donors (Lipinski definition) is 2. The lowest BCUT2D eigenvalue weighted by atomic mass is 10.0. The lowest BCUT2D eigenvalue weighted by Crippen LogP contribution is -2.27. The topological polar surface area (TPSA) is 50.9 Å². The molecular formula is C14H17N3S2. The first kappa shape index (κ1) is 14.0. The second-order valence-corrected chi connectivity index (χ2v) is 6.32. The first-order valence-electron chi connectivity index (χ1n) is 5.99. The van der Waals surface area contributed by atoms with Crippen LogP contribution in [-0.2, 0) is 5.54 Å². The minimum absolute atomic E-state index is 0.203. The number of aromatic nitrogens is 1. The van der Waals surface area contributed by atoms with Gasteiger partial charge in [-0.25, -0.2) is 4.98 Å². The molecule has 0 aliphatic carbocycles. The minimum Gasteiger partial charge on any atom is -0.389 e. The molecule has 2 rings (SSSR count). The number of anilines is 1. The smallest absolute Gasteiger partial charge is 0.117 e. The fourth-order valence-corrected chi connectivity index (χ4v) is 2.91. The van der Waals surface area contributed by atoms with E-state index in [1.54, 1.807) is 11.3 Å². The van der Waals surface area contributed by atoms with Gasteiger partial charge < -0.3 is 11.1 Å². The number of nitrogens with zero attached hydrogens (tertiary/aromatic N) is 1. The molecule has 3 nitrogen and oxygen atoms in total. The summed E-state index contributed by atoms with van der Waals surface area (Å²) < 4.78 is 0. The Morgan fingerprint density at radius 1 is 1.42 bits per heavy atom. The molecule has 100 valence electrons. The van der Waals surface area contributed by atoms with Crippen molar-refractivity contribution in [2.45, 2.75) is 26.3 Å². The number of thiocarbonyl (C=S) groups is 1. The van der Waals surface area contributed by atoms with Gasteiger partial charge in [0.1, 0.15) is 10.00 Å². The molecule has 5 heteroatoms. The number of hydrogen-bond acceptors (Lipinski definition) is 4. The van der Waals surface area contributed by atoms with Crippen molar-refractivity contribution in [2.24, 2.45) is 5.73 Å². The Bertz CT molecular complexity index is 589. The third-order valence-electron chi connectivity index (χ3n) is 2.92. The number of thiazole rings is 1. The van der Waals surface area contributed by atoms with E-state index in [4.69, 9.17) is 18.0 Å². The van der Waals surface area contributed by atoms with Gasteiger partial charge in [0.2, 0.25) is 0 Å². The summed E-state index contributed by atoms with van der Waals surface area (Å²) in [6.07, 6.45) is 1.82. The van der Waals surface area contributed by atoms with Crippen LogP contribution in [0.1, 0.15) is 30.0 Å². The van der Waals surface area contributed by atoms with E-state index < -0.39 is 0 Å². The molecule has 0 fully saturated rings. The van der Waals surface area contributed by atoms with Crippen LogP contribution in [-0.4, -0.2) is 9.97 Å². The number of aryl methyl sites for hydroxylation is 1. The second kappa shape index (κ2) is 5.27. The van der Waals surface area contributed by atoms with Crippen LogP contribution in [0, 0.1) is 6.92 Å². The molecule has 1 aromatic heterocycles. The molecule has 0 spiro atoms. The van der Waals surface area contributed by atoms with Gasteiger partial charge in [-0.05, 0) is 44.5 Å². The van der Waals surface area contributed by atoms with Crippen molar-refractivity contribution in [2.75, 3.05) is 5.32 Å². The Morgan fingerprint density at radius 3 is 2.68 bits per heavy atom. The van der Waals surface area contributed by atoms with E-state index >= 15 is 0 Å². The summed E-state index contributed by atoms with van der Waals surface area (Å²) in [5.41, 5.74) is 8.51. The minimum atomic E-state index is -0.203. The first-order valence-corrected chi connectivity index (χ1v) is 7.27. The van der Waals surface area contributed by atoms with Gasteiger partial charge in [0.05, 0.1) is 5.54 Å². The van der Waals surface area contributed by atoms with E-state index in [2.05, 4.69) is 30.2 Å². The molecule has 0 saturated carbocycles. The zero-order valence-electron chi connectivity index (χ0n) is 11.2. The largest absolute Gasteiger partial charge is 0.389 e. The summed E-state index contributed by atoms with van der Waals surface area (Å²) in [6, 6.07) is 6.01. The zero-order chi connectivity index (χ0) is 14.0. The van der Waals surface area contributed by atoms with E-state index in [1.807, 2.05) is 30.6 Å². The SMILES string of the molecule is Cc1cc(NC(C)(C)c2nccs2)ccc1C(N)=S. The molecular weight excluding hydrogens is 274 g/mol. The molecule has 0 bridgehead atoms. The summed E-state index contributed by atoms with van der Waals surface area (Å²) in [7, 11) is 0. The standard InChI is InChI=1S/C14H17N3S2/c1-9-8-10(4-5-11(9)12(15)18)17-14(2,3)13-16-6-7-19-13/h4-8,17H,1-3H3,(H2,15,18). The van der Waals surface area contributed by atoms with Crippen molar-refractivity contribution in [1.82, 2.24) is 4.98 Å². The Hall–Kier alpha value is -1.46. The van der Waals surface area contributed by atoms with E-state index in [0.717, 1.165) is 21.8 Å². The average molecular weight is 291 g/mol. The summed E-state index contributed by atoms with van der Waals surface area (Å²) in [4.78, 5) is 4.80. The molecule has 0 saturated heterocycles. The molecule has 0 aliphatic rings. The molecule has 2 aromatic rings. The highest BCUT2D eigenvalue weighted by atomic mass is 32.1. The third kappa shape index (κ3) is 3.11. The average Bonchev–Trinajstić information content (AvgIpc) is 2.81. The normalized spacial score (nSPS) is 11.3. The molecule has 0 atom stereocenters. The van der Waals surface area contributed by atoms with Crippen molar-refractivity contribution in [3.8, 4) is 0 Å². The maximum atomic E-state index is 5.67. The number of rotatable bonds is 4. The fraction of sp³-hybridized carbons (Fsp3) is 0.286. The number of benzene rings is 1. The van der Waals surface area contributed by atoms with Crippen LogP contribution in [0.5, 0.6) is 0 Å². The highest BCUT2D eigenvalue weighted by Gasteiger charge is 2.23. The van der Waals surface area contributed by atoms with Gasteiger partial charge in [0.15, 0.2) is 0 Å². The van der Waals surface area contributed by atoms with Gasteiger partial charge in [0.25, 0.3) is 0 Å². The number of nitrogens with one attached hydrogen (secondary N) is 1. The third-order valence-corrected chi connectivity index (χ3v) is 4.23. The summed E-state index contributed by atoms with van der Waals surface area (Å²) >= 11 is 6.66. The highest BCUT2D eigenvalue weighted by molar-refractivity contribution is 7.80. The van der Waals surface area contributed by atoms with Crippen LogP contribution in [0.2, 0.25) is 0 Å². The van der Waals surface area contributed by atoms with Gasteiger partial charge in [-0.15, -0.1) is 11.3 Å². The van der Waals surface area contributed by atoms with Gasteiger partial charge in [-0.2, -0.15) is 0 Å². The molecule has 19 heavy (non-hydrogen) atoms. The van der Waals surface area contributed by atoms with E-state index in [0.29, 0.717) is 4.99 Å². The summed E-state index contributed by atoms with van der Waals surface area (Å²) in [6.45, 7) is 6.24. The van der Waals surface area contributed by atoms with E-state index in [9.17, 15) is 0 Å². The molecule has 0 radical (unpaired) electrons. The summed E-state index contributed by atoms with van der Waals surface area (Å²) in [5.74, 6) is 0. The first-order chi connectivity index (χ1) is 8.90. The van der Waals surface area contributed by atoms with Crippen LogP contribution in [0.3, 0.4) is 0 Å². The highest BCUT2D eigenvalue weighted by Crippen LogP contribution is 2.28. The molecule has 1 heterocycles. The maximum absolute atomic E-state index is 5.67. The quantitative estimate of drug-likeness (QED) is 0.847. The fourth-order valence-electron chi connectivity index (χ4n) is 1.96. The lowest BCUT2D eigenvalue weighted by Gasteiger charge is -2.25. The molecule has 0 unspecified atom stereocenters. The van der Waals surface area contributed by atoms with Crippen LogP contribution >= 0.6 is 23.6 Å². The summed E-state index contributed by atoms with van der Waals surface area (Å²) in [5, 5.41) is 6.54. The predicted octanol–water partition coefficient (Wildman–Crippen LogP) is 3.43. The molecule has 3 N–H and O–H groups in total. The van der Waals surface area contributed by atoms with Crippen molar-refractivity contribution < 1.29 is 0 Å². The Morgan fingerprint density at radius 2 is 2.16 bits per heavy atom. The van der Waals surface area contributed by atoms with Crippen molar-refractivity contribution in [3.05, 3.63) is 45.9 Å². The van der Waals surface area contributed by atoms with Crippen LogP contribution in [0.15, 0.2) is 29.8 Å². The van der Waals surface area contributed by atoms with Gasteiger partial charge in [-0.1, -0.05) is 12.2 Å². The Labute approximate surface area is 122 Å². The van der Waals surface area contributed by atoms with Gasteiger partial charge >= 0.3 is 0 Å². The second-order valence-electron chi connectivity index (χ2n) is 4.98. The Balaban J connectivity index is 2.25. The van der Waals surface area contributed by atoms with Gasteiger partial charge in [0, 0.05) is 22.8 Å². The maximum Gasteiger partial charge on any atom is 0.117 e. The van der Waals surface area contributed by atoms with Crippen molar-refractivity contribution in [3.63, 3.8) is 0 Å². The van der Waals surface area contributed by atoms with E-state index in [-0.39, 0.29) is 5.54 Å². The van der Waals surface area contributed by atoms with Crippen molar-refractivity contribution >= 4 is 34.2 Å². The molecule has 0 amide bonds. The van der Waals surface area contributed by atoms with Gasteiger partial charge in [-0.3, -0.25) is 0 Å². The van der Waals surface area contributed by atoms with Crippen molar-refractivity contribution in [1.29, 1.82) is 0 Å². The number of nitrogens with two attached hydrogens (primary N) is 1.